The van der Waals surface area contributed by atoms with E-state index in [9.17, 15) is 13.2 Å². The molecule has 0 bridgehead atoms. The Kier molecular flexibility index (Phi) is 3.42. The zero-order valence-corrected chi connectivity index (χ0v) is 11.4. The summed E-state index contributed by atoms with van der Waals surface area (Å²) in [6, 6.07) is 6.67. The van der Waals surface area contributed by atoms with Crippen molar-refractivity contribution in [2.24, 2.45) is 7.05 Å². The van der Waals surface area contributed by atoms with Gasteiger partial charge in [-0.15, -0.1) is 0 Å². The standard InChI is InChI=1S/C11H7BrClF3N2/c1-18-8(6-4-2-3-5-7(6)13)9(12)17-10(18)11(14,15)16/h2-5H,1H3. The normalized spacial score (nSPS) is 11.9. The molecule has 2 nitrogen and oxygen atoms in total. The fraction of sp³-hybridized carbons (Fsp3) is 0.182. The van der Waals surface area contributed by atoms with Crippen LogP contribution in [0.3, 0.4) is 0 Å². The first-order valence-corrected chi connectivity index (χ1v) is 6.03. The van der Waals surface area contributed by atoms with Crippen molar-refractivity contribution in [3.8, 4) is 11.3 Å². The van der Waals surface area contributed by atoms with Crippen LogP contribution in [0.25, 0.3) is 11.3 Å². The van der Waals surface area contributed by atoms with Gasteiger partial charge in [0.05, 0.1) is 5.69 Å². The van der Waals surface area contributed by atoms with Crippen molar-refractivity contribution in [1.29, 1.82) is 0 Å². The number of halogens is 5. The second kappa shape index (κ2) is 4.59. The van der Waals surface area contributed by atoms with E-state index >= 15 is 0 Å². The molecule has 0 saturated heterocycles. The molecule has 0 aliphatic heterocycles. The second-order valence-electron chi connectivity index (χ2n) is 3.61. The maximum atomic E-state index is 12.7. The number of nitrogens with zero attached hydrogens (tertiary/aromatic N) is 2. The molecule has 0 radical (unpaired) electrons. The minimum Gasteiger partial charge on any atom is -0.322 e. The average molecular weight is 340 g/mol. The molecule has 2 rings (SSSR count). The van der Waals surface area contributed by atoms with E-state index in [1.807, 2.05) is 0 Å². The number of alkyl halides is 3. The quantitative estimate of drug-likeness (QED) is 0.747. The minimum absolute atomic E-state index is 0.116. The van der Waals surface area contributed by atoms with Crippen molar-refractivity contribution in [1.82, 2.24) is 9.55 Å². The number of hydrogen-bond acceptors (Lipinski definition) is 1. The van der Waals surface area contributed by atoms with Crippen molar-refractivity contribution in [2.75, 3.05) is 0 Å². The van der Waals surface area contributed by atoms with Crippen LogP contribution in [0.15, 0.2) is 28.9 Å². The van der Waals surface area contributed by atoms with Gasteiger partial charge in [-0.3, -0.25) is 0 Å². The van der Waals surface area contributed by atoms with Gasteiger partial charge in [0.15, 0.2) is 0 Å². The maximum Gasteiger partial charge on any atom is 0.449 e. The van der Waals surface area contributed by atoms with Crippen LogP contribution in [-0.4, -0.2) is 9.55 Å². The lowest BCUT2D eigenvalue weighted by molar-refractivity contribution is -0.146. The number of aromatic nitrogens is 2. The van der Waals surface area contributed by atoms with Gasteiger partial charge in [0, 0.05) is 17.6 Å². The van der Waals surface area contributed by atoms with Crippen LogP contribution in [0.1, 0.15) is 5.82 Å². The Bertz CT molecular complexity index is 592. The Morgan fingerprint density at radius 1 is 1.28 bits per heavy atom. The third-order valence-corrected chi connectivity index (χ3v) is 3.32. The SMILES string of the molecule is Cn1c(C(F)(F)F)nc(Br)c1-c1ccccc1Cl. The fourth-order valence-electron chi connectivity index (χ4n) is 1.66. The van der Waals surface area contributed by atoms with Gasteiger partial charge in [0.25, 0.3) is 0 Å². The highest BCUT2D eigenvalue weighted by Gasteiger charge is 2.38. The monoisotopic (exact) mass is 338 g/mol. The number of hydrogen-bond donors (Lipinski definition) is 0. The molecule has 0 saturated carbocycles. The van der Waals surface area contributed by atoms with E-state index < -0.39 is 12.0 Å². The molecule has 0 unspecified atom stereocenters. The highest BCUT2D eigenvalue weighted by molar-refractivity contribution is 9.10. The van der Waals surface area contributed by atoms with Crippen LogP contribution in [-0.2, 0) is 13.2 Å². The zero-order valence-electron chi connectivity index (χ0n) is 9.09. The van der Waals surface area contributed by atoms with Crippen molar-refractivity contribution in [2.45, 2.75) is 6.18 Å². The molecule has 2 aromatic rings. The molecule has 7 heteroatoms. The summed E-state index contributed by atoms with van der Waals surface area (Å²) in [6.45, 7) is 0. The van der Waals surface area contributed by atoms with Gasteiger partial charge >= 0.3 is 6.18 Å². The molecule has 1 heterocycles. The van der Waals surface area contributed by atoms with Gasteiger partial charge in [-0.1, -0.05) is 29.8 Å². The number of rotatable bonds is 1. The summed E-state index contributed by atoms with van der Waals surface area (Å²) in [4.78, 5) is 3.49. The van der Waals surface area contributed by atoms with Gasteiger partial charge in [0.2, 0.25) is 5.82 Å². The molecule has 18 heavy (non-hydrogen) atoms. The van der Waals surface area contributed by atoms with Gasteiger partial charge < -0.3 is 4.57 Å². The first-order chi connectivity index (χ1) is 8.32. The van der Waals surface area contributed by atoms with Crippen molar-refractivity contribution >= 4 is 27.5 Å². The number of benzene rings is 1. The molecule has 0 atom stereocenters. The Morgan fingerprint density at radius 2 is 1.89 bits per heavy atom. The van der Waals surface area contributed by atoms with Gasteiger partial charge in [0.1, 0.15) is 4.60 Å². The van der Waals surface area contributed by atoms with Crippen molar-refractivity contribution in [3.63, 3.8) is 0 Å². The van der Waals surface area contributed by atoms with Crippen LogP contribution in [0.5, 0.6) is 0 Å². The summed E-state index contributed by atoms with van der Waals surface area (Å²) < 4.78 is 39.3. The van der Waals surface area contributed by atoms with Crippen molar-refractivity contribution in [3.05, 3.63) is 39.7 Å². The summed E-state index contributed by atoms with van der Waals surface area (Å²) >= 11 is 9.02. The first-order valence-electron chi connectivity index (χ1n) is 4.86. The molecular formula is C11H7BrClF3N2. The minimum atomic E-state index is -4.50. The van der Waals surface area contributed by atoms with Crippen LogP contribution >= 0.6 is 27.5 Å². The Hall–Kier alpha value is -1.01. The topological polar surface area (TPSA) is 17.8 Å². The zero-order chi connectivity index (χ0) is 13.5. The summed E-state index contributed by atoms with van der Waals surface area (Å²) in [6.07, 6.45) is -4.50. The van der Waals surface area contributed by atoms with Crippen LogP contribution < -0.4 is 0 Å². The van der Waals surface area contributed by atoms with Crippen LogP contribution in [0.4, 0.5) is 13.2 Å². The Labute approximate surface area is 115 Å². The Balaban J connectivity index is 2.67. The highest BCUT2D eigenvalue weighted by atomic mass is 79.9. The van der Waals surface area contributed by atoms with E-state index in [1.54, 1.807) is 24.3 Å². The lowest BCUT2D eigenvalue weighted by atomic mass is 10.2. The number of imidazole rings is 1. The molecule has 0 N–H and O–H groups in total. The van der Waals surface area contributed by atoms with Crippen molar-refractivity contribution < 1.29 is 13.2 Å². The van der Waals surface area contributed by atoms with Gasteiger partial charge in [-0.25, -0.2) is 4.98 Å². The molecule has 0 amide bonds. The van der Waals surface area contributed by atoms with Crippen LogP contribution in [0, 0.1) is 0 Å². The van der Waals surface area contributed by atoms with Gasteiger partial charge in [-0.05, 0) is 22.0 Å². The predicted octanol–water partition coefficient (Wildman–Crippen LogP) is 4.52. The van der Waals surface area contributed by atoms with E-state index in [0.717, 1.165) is 4.57 Å². The molecule has 0 fully saturated rings. The predicted molar refractivity (Wildman–Crippen MR) is 66.4 cm³/mol. The smallest absolute Gasteiger partial charge is 0.322 e. The van der Waals surface area contributed by atoms with Crippen LogP contribution in [0.2, 0.25) is 5.02 Å². The molecule has 96 valence electrons. The second-order valence-corrected chi connectivity index (χ2v) is 4.77. The maximum absolute atomic E-state index is 12.7. The molecular weight excluding hydrogens is 332 g/mol. The van der Waals surface area contributed by atoms with E-state index in [1.165, 1.54) is 7.05 Å². The summed E-state index contributed by atoms with van der Waals surface area (Å²) in [7, 11) is 1.30. The summed E-state index contributed by atoms with van der Waals surface area (Å²) in [5.41, 5.74) is 0.796. The molecule has 0 aliphatic carbocycles. The average Bonchev–Trinajstić information content (AvgIpc) is 2.55. The summed E-state index contributed by atoms with van der Waals surface area (Å²) in [5.74, 6) is -0.968. The molecule has 0 spiro atoms. The third kappa shape index (κ3) is 2.27. The molecule has 0 aliphatic rings. The van der Waals surface area contributed by atoms with E-state index in [0.29, 0.717) is 16.3 Å². The van der Waals surface area contributed by atoms with E-state index in [-0.39, 0.29) is 4.60 Å². The molecule has 1 aromatic carbocycles. The molecule has 1 aromatic heterocycles. The van der Waals surface area contributed by atoms with Gasteiger partial charge in [-0.2, -0.15) is 13.2 Å². The van der Waals surface area contributed by atoms with E-state index in [2.05, 4.69) is 20.9 Å². The fourth-order valence-corrected chi connectivity index (χ4v) is 2.54. The summed E-state index contributed by atoms with van der Waals surface area (Å²) in [5, 5.41) is 0.370. The highest BCUT2D eigenvalue weighted by Crippen LogP contribution is 2.37. The Morgan fingerprint density at radius 3 is 2.39 bits per heavy atom. The lowest BCUT2D eigenvalue weighted by Gasteiger charge is -2.09. The first kappa shape index (κ1) is 13.4. The lowest BCUT2D eigenvalue weighted by Crippen LogP contribution is -2.13. The van der Waals surface area contributed by atoms with E-state index in [4.69, 9.17) is 11.6 Å². The third-order valence-electron chi connectivity index (χ3n) is 2.44. The largest absolute Gasteiger partial charge is 0.449 e.